The molecular weight excluding hydrogens is 168 g/mol. The minimum atomic E-state index is 0.830. The van der Waals surface area contributed by atoms with Crippen molar-refractivity contribution in [1.82, 2.24) is 5.43 Å². The number of hydrazone groups is 1. The molecule has 0 saturated carbocycles. The van der Waals surface area contributed by atoms with Crippen molar-refractivity contribution in [2.45, 2.75) is 6.42 Å². The zero-order valence-electron chi connectivity index (χ0n) is 6.60. The standard InChI is InChI=1S/C9H10N2S/c12-8-11-10-7-6-9-4-2-1-3-5-9/h1-5,7-8H,6H2,(H,11,12). The molecule has 2 nitrogen and oxygen atoms in total. The second-order valence-electron chi connectivity index (χ2n) is 2.25. The lowest BCUT2D eigenvalue weighted by atomic mass is 10.2. The van der Waals surface area contributed by atoms with Crippen LogP contribution in [-0.2, 0) is 6.42 Å². The van der Waals surface area contributed by atoms with E-state index in [0.29, 0.717) is 0 Å². The van der Waals surface area contributed by atoms with Crippen LogP contribution in [0.3, 0.4) is 0 Å². The van der Waals surface area contributed by atoms with Gasteiger partial charge in [-0.2, -0.15) is 5.10 Å². The quantitative estimate of drug-likeness (QED) is 0.431. The van der Waals surface area contributed by atoms with Crippen LogP contribution in [0.15, 0.2) is 35.4 Å². The Morgan fingerprint density at radius 3 is 2.75 bits per heavy atom. The lowest BCUT2D eigenvalue weighted by molar-refractivity contribution is 1.07. The smallest absolute Gasteiger partial charge is 0.0829 e. The average Bonchev–Trinajstić information content (AvgIpc) is 2.14. The lowest BCUT2D eigenvalue weighted by Gasteiger charge is -1.92. The van der Waals surface area contributed by atoms with Crippen LogP contribution in [0.5, 0.6) is 0 Å². The van der Waals surface area contributed by atoms with E-state index in [2.05, 4.69) is 34.9 Å². The monoisotopic (exact) mass is 178 g/mol. The van der Waals surface area contributed by atoms with Crippen LogP contribution in [0.25, 0.3) is 0 Å². The van der Waals surface area contributed by atoms with Crippen molar-refractivity contribution in [3.05, 3.63) is 35.9 Å². The first-order chi connectivity index (χ1) is 5.93. The molecule has 62 valence electrons. The molecular formula is C9H10N2S. The third-order valence-electron chi connectivity index (χ3n) is 1.39. The molecule has 0 spiro atoms. The maximum atomic E-state index is 4.53. The van der Waals surface area contributed by atoms with Gasteiger partial charge in [-0.05, 0) is 5.56 Å². The Labute approximate surface area is 77.3 Å². The maximum absolute atomic E-state index is 4.53. The fourth-order valence-corrected chi connectivity index (χ4v) is 0.909. The third-order valence-corrected chi connectivity index (χ3v) is 1.49. The third kappa shape index (κ3) is 3.25. The number of benzene rings is 1. The van der Waals surface area contributed by atoms with E-state index in [1.54, 1.807) is 6.21 Å². The molecule has 1 rings (SSSR count). The van der Waals surface area contributed by atoms with Gasteiger partial charge in [-0.15, -0.1) is 0 Å². The molecule has 0 aliphatic carbocycles. The van der Waals surface area contributed by atoms with Gasteiger partial charge in [-0.25, -0.2) is 0 Å². The molecule has 0 bridgehead atoms. The van der Waals surface area contributed by atoms with Crippen molar-refractivity contribution in [3.8, 4) is 0 Å². The zero-order chi connectivity index (χ0) is 8.65. The predicted molar refractivity (Wildman–Crippen MR) is 55.4 cm³/mol. The summed E-state index contributed by atoms with van der Waals surface area (Å²) in [7, 11) is 0. The summed E-state index contributed by atoms with van der Waals surface area (Å²) in [4.78, 5) is 0. The molecule has 1 N–H and O–H groups in total. The number of nitrogens with one attached hydrogen (secondary N) is 1. The molecule has 0 saturated heterocycles. The van der Waals surface area contributed by atoms with Gasteiger partial charge in [0.25, 0.3) is 0 Å². The van der Waals surface area contributed by atoms with Gasteiger partial charge in [0.2, 0.25) is 0 Å². The molecule has 0 radical (unpaired) electrons. The van der Waals surface area contributed by atoms with Crippen LogP contribution in [-0.4, -0.2) is 11.7 Å². The molecule has 0 amide bonds. The Balaban J connectivity index is 2.38. The minimum Gasteiger partial charge on any atom is -0.275 e. The molecule has 1 aromatic rings. The van der Waals surface area contributed by atoms with Crippen LogP contribution < -0.4 is 5.43 Å². The second-order valence-corrected chi connectivity index (χ2v) is 2.48. The van der Waals surface area contributed by atoms with Crippen molar-refractivity contribution >= 4 is 23.9 Å². The summed E-state index contributed by atoms with van der Waals surface area (Å²) in [5, 5.41) is 3.85. The summed E-state index contributed by atoms with van der Waals surface area (Å²) >= 11 is 4.53. The highest BCUT2D eigenvalue weighted by molar-refractivity contribution is 7.78. The van der Waals surface area contributed by atoms with Crippen molar-refractivity contribution < 1.29 is 0 Å². The Kier molecular flexibility index (Phi) is 4.02. The van der Waals surface area contributed by atoms with E-state index < -0.39 is 0 Å². The van der Waals surface area contributed by atoms with E-state index in [1.165, 1.54) is 11.1 Å². The molecule has 1 aromatic carbocycles. The fraction of sp³-hybridized carbons (Fsp3) is 0.111. The fourth-order valence-electron chi connectivity index (χ4n) is 0.848. The normalized spacial score (nSPS) is 10.0. The van der Waals surface area contributed by atoms with Gasteiger partial charge >= 0.3 is 0 Å². The van der Waals surface area contributed by atoms with Gasteiger partial charge in [-0.1, -0.05) is 42.5 Å². The van der Waals surface area contributed by atoms with Gasteiger partial charge in [0.1, 0.15) is 0 Å². The summed E-state index contributed by atoms with van der Waals surface area (Å²) < 4.78 is 0. The van der Waals surface area contributed by atoms with Crippen LogP contribution in [0.2, 0.25) is 0 Å². The van der Waals surface area contributed by atoms with Gasteiger partial charge < -0.3 is 0 Å². The number of thiocarbonyl (C=S) groups is 1. The Morgan fingerprint density at radius 1 is 1.33 bits per heavy atom. The molecule has 0 aliphatic rings. The van der Waals surface area contributed by atoms with Crippen molar-refractivity contribution in [3.63, 3.8) is 0 Å². The van der Waals surface area contributed by atoms with E-state index >= 15 is 0 Å². The molecule has 0 fully saturated rings. The van der Waals surface area contributed by atoms with Gasteiger partial charge in [0, 0.05) is 12.6 Å². The largest absolute Gasteiger partial charge is 0.275 e. The zero-order valence-corrected chi connectivity index (χ0v) is 7.42. The van der Waals surface area contributed by atoms with Gasteiger partial charge in [0.15, 0.2) is 0 Å². The van der Waals surface area contributed by atoms with E-state index in [0.717, 1.165) is 6.42 Å². The van der Waals surface area contributed by atoms with Crippen molar-refractivity contribution in [2.75, 3.05) is 0 Å². The maximum Gasteiger partial charge on any atom is 0.0829 e. The van der Waals surface area contributed by atoms with Crippen molar-refractivity contribution in [2.24, 2.45) is 5.10 Å². The Hall–Kier alpha value is -1.22. The highest BCUT2D eigenvalue weighted by atomic mass is 32.1. The van der Waals surface area contributed by atoms with E-state index in [-0.39, 0.29) is 0 Å². The molecule has 0 heterocycles. The molecule has 3 heteroatoms. The van der Waals surface area contributed by atoms with E-state index in [9.17, 15) is 0 Å². The number of nitrogens with zero attached hydrogens (tertiary/aromatic N) is 1. The van der Waals surface area contributed by atoms with Crippen LogP contribution in [0.4, 0.5) is 0 Å². The number of rotatable bonds is 4. The topological polar surface area (TPSA) is 24.4 Å². The van der Waals surface area contributed by atoms with Crippen LogP contribution >= 0.6 is 12.2 Å². The number of hydrogen-bond donors (Lipinski definition) is 1. The SMILES string of the molecule is S=CNN=CCc1ccccc1. The first kappa shape index (κ1) is 8.87. The van der Waals surface area contributed by atoms with Crippen molar-refractivity contribution in [1.29, 1.82) is 0 Å². The van der Waals surface area contributed by atoms with E-state index in [4.69, 9.17) is 0 Å². The summed E-state index contributed by atoms with van der Waals surface area (Å²) in [5.74, 6) is 0. The molecule has 12 heavy (non-hydrogen) atoms. The molecule has 0 unspecified atom stereocenters. The first-order valence-electron chi connectivity index (χ1n) is 3.68. The molecule has 0 aliphatic heterocycles. The summed E-state index contributed by atoms with van der Waals surface area (Å²) in [6, 6.07) is 10.1. The minimum absolute atomic E-state index is 0.830. The number of hydrogen-bond acceptors (Lipinski definition) is 2. The summed E-state index contributed by atoms with van der Waals surface area (Å²) in [5.41, 5.74) is 5.20. The van der Waals surface area contributed by atoms with Crippen LogP contribution in [0.1, 0.15) is 5.56 Å². The van der Waals surface area contributed by atoms with E-state index in [1.807, 2.05) is 18.2 Å². The van der Waals surface area contributed by atoms with Crippen LogP contribution in [0, 0.1) is 0 Å². The predicted octanol–water partition coefficient (Wildman–Crippen LogP) is 1.76. The highest BCUT2D eigenvalue weighted by Gasteiger charge is 1.84. The Morgan fingerprint density at radius 2 is 2.08 bits per heavy atom. The second kappa shape index (κ2) is 5.43. The first-order valence-corrected chi connectivity index (χ1v) is 4.15. The Bertz CT molecular complexity index is 256. The highest BCUT2D eigenvalue weighted by Crippen LogP contribution is 1.96. The van der Waals surface area contributed by atoms with Gasteiger partial charge in [-0.3, -0.25) is 5.43 Å². The molecule has 0 atom stereocenters. The summed E-state index contributed by atoms with van der Waals surface area (Å²) in [6.45, 7) is 0. The summed E-state index contributed by atoms with van der Waals surface area (Å²) in [6.07, 6.45) is 2.62. The molecule has 0 aromatic heterocycles. The lowest BCUT2D eigenvalue weighted by Crippen LogP contribution is -1.99. The van der Waals surface area contributed by atoms with Gasteiger partial charge in [0.05, 0.1) is 5.49 Å². The average molecular weight is 178 g/mol.